The summed E-state index contributed by atoms with van der Waals surface area (Å²) in [6.45, 7) is 12.3. The minimum absolute atomic E-state index is 0.0877. The van der Waals surface area contributed by atoms with E-state index in [1.54, 1.807) is 0 Å². The van der Waals surface area contributed by atoms with Crippen LogP contribution in [0, 0.1) is 0 Å². The zero-order valence-electron chi connectivity index (χ0n) is 24.1. The molecular weight excluding hydrogens is 488 g/mol. The normalized spacial score (nSPS) is 11.3. The maximum atomic E-state index is 11.8. The Morgan fingerprint density at radius 2 is 0.763 bits per heavy atom. The van der Waals surface area contributed by atoms with Crippen molar-refractivity contribution in [3.8, 4) is 0 Å². The van der Waals surface area contributed by atoms with Crippen LogP contribution in [0.25, 0.3) is 0 Å². The Hall–Kier alpha value is -3.16. The average Bonchev–Trinajstić information content (AvgIpc) is 2.83. The lowest BCUT2D eigenvalue weighted by Gasteiger charge is -2.07. The fourth-order valence-corrected chi connectivity index (χ4v) is 2.94. The van der Waals surface area contributed by atoms with Crippen molar-refractivity contribution < 1.29 is 38.1 Å². The minimum atomic E-state index is -0.584. The van der Waals surface area contributed by atoms with Gasteiger partial charge in [-0.05, 0) is 79.4 Å². The van der Waals surface area contributed by atoms with E-state index in [0.717, 1.165) is 36.8 Å². The molecule has 0 rings (SSSR count). The molecule has 0 N–H and O–H groups in total. The van der Waals surface area contributed by atoms with Gasteiger partial charge in [-0.25, -0.2) is 0 Å². The van der Waals surface area contributed by atoms with Gasteiger partial charge in [-0.3, -0.25) is 19.2 Å². The Bertz CT molecular complexity index is 797. The first-order valence-corrected chi connectivity index (χ1v) is 13.2. The summed E-state index contributed by atoms with van der Waals surface area (Å²) in [7, 11) is 0. The molecule has 0 spiro atoms. The number of carbonyl (C=O) groups is 4. The number of hydrogen-bond acceptors (Lipinski definition) is 8. The van der Waals surface area contributed by atoms with Crippen molar-refractivity contribution in [1.82, 2.24) is 0 Å². The Labute approximate surface area is 228 Å². The molecule has 0 amide bonds. The summed E-state index contributed by atoms with van der Waals surface area (Å²) >= 11 is 0. The van der Waals surface area contributed by atoms with E-state index in [4.69, 9.17) is 18.9 Å². The topological polar surface area (TPSA) is 105 Å². The van der Waals surface area contributed by atoms with E-state index in [2.05, 4.69) is 39.8 Å². The van der Waals surface area contributed by atoms with Crippen molar-refractivity contribution >= 4 is 23.9 Å². The highest BCUT2D eigenvalue weighted by molar-refractivity contribution is 5.78. The molecule has 0 aliphatic carbocycles. The molecule has 0 saturated carbocycles. The largest absolute Gasteiger partial charge is 0.462 e. The molecule has 0 heterocycles. The van der Waals surface area contributed by atoms with Gasteiger partial charge in [0, 0.05) is 0 Å². The lowest BCUT2D eigenvalue weighted by atomic mass is 10.1. The maximum absolute atomic E-state index is 11.8. The summed E-state index contributed by atoms with van der Waals surface area (Å²) in [6, 6.07) is 0. The minimum Gasteiger partial charge on any atom is -0.462 e. The molecule has 0 bridgehead atoms. The molecule has 0 saturated heterocycles. The fourth-order valence-electron chi connectivity index (χ4n) is 2.94. The number of hydrogen-bond donors (Lipinski definition) is 0. The summed E-state index contributed by atoms with van der Waals surface area (Å²) < 4.78 is 20.1. The third kappa shape index (κ3) is 23.3. The zero-order chi connectivity index (χ0) is 28.8. The molecular formula is C30H46O8. The Kier molecular flexibility index (Phi) is 20.1. The van der Waals surface area contributed by atoms with Gasteiger partial charge in [0.05, 0.1) is 25.7 Å². The lowest BCUT2D eigenvalue weighted by Crippen LogP contribution is -2.16. The SMILES string of the molecule is CC(C)=CCC/C(C)=C/COC(=O)CCC(=O)OCCOC(=O)CCC(=O)OC/C=C(\C)CCC=C(C)C. The van der Waals surface area contributed by atoms with Crippen molar-refractivity contribution in [2.45, 2.75) is 92.9 Å². The maximum Gasteiger partial charge on any atom is 0.306 e. The summed E-state index contributed by atoms with van der Waals surface area (Å²) in [5.74, 6) is -2.13. The molecule has 0 aromatic carbocycles. The highest BCUT2D eigenvalue weighted by Crippen LogP contribution is 2.08. The van der Waals surface area contributed by atoms with Crippen molar-refractivity contribution in [3.05, 3.63) is 46.6 Å². The van der Waals surface area contributed by atoms with Gasteiger partial charge in [-0.15, -0.1) is 0 Å². The van der Waals surface area contributed by atoms with Crippen LogP contribution in [0.4, 0.5) is 0 Å². The second kappa shape index (κ2) is 21.9. The van der Waals surface area contributed by atoms with E-state index in [-0.39, 0.29) is 52.1 Å². The van der Waals surface area contributed by atoms with Gasteiger partial charge in [0.2, 0.25) is 0 Å². The fraction of sp³-hybridized carbons (Fsp3) is 0.600. The van der Waals surface area contributed by atoms with Crippen LogP contribution in [0.15, 0.2) is 46.6 Å². The second-order valence-corrected chi connectivity index (χ2v) is 9.55. The molecule has 0 aliphatic heterocycles. The van der Waals surface area contributed by atoms with E-state index in [1.807, 2.05) is 26.0 Å². The molecule has 214 valence electrons. The van der Waals surface area contributed by atoms with Crippen LogP contribution in [0.5, 0.6) is 0 Å². The smallest absolute Gasteiger partial charge is 0.306 e. The van der Waals surface area contributed by atoms with Crippen molar-refractivity contribution in [2.24, 2.45) is 0 Å². The van der Waals surface area contributed by atoms with Crippen LogP contribution < -0.4 is 0 Å². The summed E-state index contributed by atoms with van der Waals surface area (Å²) in [4.78, 5) is 47.0. The van der Waals surface area contributed by atoms with Gasteiger partial charge < -0.3 is 18.9 Å². The molecule has 8 heteroatoms. The van der Waals surface area contributed by atoms with E-state index in [1.165, 1.54) is 11.1 Å². The first kappa shape index (κ1) is 34.8. The molecule has 0 aromatic rings. The molecule has 0 atom stereocenters. The Morgan fingerprint density at radius 3 is 1.08 bits per heavy atom. The van der Waals surface area contributed by atoms with Gasteiger partial charge in [0.15, 0.2) is 0 Å². The number of ether oxygens (including phenoxy) is 4. The third-order valence-electron chi connectivity index (χ3n) is 5.21. The lowest BCUT2D eigenvalue weighted by molar-refractivity contribution is -0.155. The van der Waals surface area contributed by atoms with Gasteiger partial charge in [0.25, 0.3) is 0 Å². The Morgan fingerprint density at radius 1 is 0.447 bits per heavy atom. The van der Waals surface area contributed by atoms with Gasteiger partial charge >= 0.3 is 23.9 Å². The third-order valence-corrected chi connectivity index (χ3v) is 5.21. The molecule has 0 unspecified atom stereocenters. The van der Waals surface area contributed by atoms with E-state index in [0.29, 0.717) is 0 Å². The second-order valence-electron chi connectivity index (χ2n) is 9.55. The van der Waals surface area contributed by atoms with Crippen LogP contribution >= 0.6 is 0 Å². The van der Waals surface area contributed by atoms with Crippen molar-refractivity contribution in [3.63, 3.8) is 0 Å². The summed E-state index contributed by atoms with van der Waals surface area (Å²) in [6.07, 6.45) is 11.3. The number of carbonyl (C=O) groups excluding carboxylic acids is 4. The highest BCUT2D eigenvalue weighted by atomic mass is 16.6. The van der Waals surface area contributed by atoms with Crippen LogP contribution in [0.1, 0.15) is 92.9 Å². The van der Waals surface area contributed by atoms with Crippen molar-refractivity contribution in [1.29, 1.82) is 0 Å². The standard InChI is InChI=1S/C30H46O8/c1-23(2)9-7-11-25(5)17-19-35-27(31)13-15-29(33)37-21-22-38-30(34)16-14-28(32)36-20-18-26(6)12-8-10-24(3)4/h9-10,17-18H,7-8,11-16,19-22H2,1-6H3/b25-17+,26-18+. The monoisotopic (exact) mass is 534 g/mol. The first-order chi connectivity index (χ1) is 18.0. The molecule has 0 fully saturated rings. The van der Waals surface area contributed by atoms with E-state index in [9.17, 15) is 19.2 Å². The molecule has 0 aliphatic rings. The number of esters is 4. The Balaban J connectivity index is 3.87. The zero-order valence-corrected chi connectivity index (χ0v) is 24.1. The predicted molar refractivity (Wildman–Crippen MR) is 147 cm³/mol. The average molecular weight is 535 g/mol. The first-order valence-electron chi connectivity index (χ1n) is 13.2. The number of rotatable bonds is 19. The van der Waals surface area contributed by atoms with Crippen molar-refractivity contribution in [2.75, 3.05) is 26.4 Å². The summed E-state index contributed by atoms with van der Waals surface area (Å²) in [5.41, 5.74) is 4.81. The quantitative estimate of drug-likeness (QED) is 0.0846. The van der Waals surface area contributed by atoms with E-state index < -0.39 is 23.9 Å². The predicted octanol–water partition coefficient (Wildman–Crippen LogP) is 6.11. The van der Waals surface area contributed by atoms with Crippen LogP contribution in [0.2, 0.25) is 0 Å². The van der Waals surface area contributed by atoms with Crippen LogP contribution in [-0.4, -0.2) is 50.3 Å². The molecule has 0 aromatic heterocycles. The molecule has 38 heavy (non-hydrogen) atoms. The number of allylic oxidation sites excluding steroid dienone is 6. The summed E-state index contributed by atoms with van der Waals surface area (Å²) in [5, 5.41) is 0. The van der Waals surface area contributed by atoms with Gasteiger partial charge in [-0.2, -0.15) is 0 Å². The van der Waals surface area contributed by atoms with Crippen LogP contribution in [0.3, 0.4) is 0 Å². The van der Waals surface area contributed by atoms with Gasteiger partial charge in [0.1, 0.15) is 26.4 Å². The van der Waals surface area contributed by atoms with Gasteiger partial charge in [-0.1, -0.05) is 34.4 Å². The van der Waals surface area contributed by atoms with Crippen LogP contribution in [-0.2, 0) is 38.1 Å². The highest BCUT2D eigenvalue weighted by Gasteiger charge is 2.11. The molecule has 0 radical (unpaired) electrons. The molecule has 8 nitrogen and oxygen atoms in total. The van der Waals surface area contributed by atoms with E-state index >= 15 is 0 Å².